The summed E-state index contributed by atoms with van der Waals surface area (Å²) in [6, 6.07) is 2.14. The van der Waals surface area contributed by atoms with Gasteiger partial charge >= 0.3 is 6.09 Å². The van der Waals surface area contributed by atoms with E-state index in [1.807, 2.05) is 6.20 Å². The molecule has 25 heavy (non-hydrogen) atoms. The molecule has 1 saturated carbocycles. The second kappa shape index (κ2) is 8.42. The fourth-order valence-corrected chi connectivity index (χ4v) is 3.47. The van der Waals surface area contributed by atoms with Gasteiger partial charge in [-0.2, -0.15) is 17.6 Å². The van der Waals surface area contributed by atoms with Crippen molar-refractivity contribution in [2.24, 2.45) is 0 Å². The third-order valence-corrected chi connectivity index (χ3v) is 4.78. The monoisotopic (exact) mass is 364 g/mol. The topological polar surface area (TPSA) is 89.0 Å². The summed E-state index contributed by atoms with van der Waals surface area (Å²) in [4.78, 5) is 31.0. The Hall–Kier alpha value is -1.96. The molecule has 136 valence electrons. The van der Waals surface area contributed by atoms with Gasteiger partial charge in [0.05, 0.1) is 5.39 Å². The lowest BCUT2D eigenvalue weighted by Crippen LogP contribution is -2.20. The summed E-state index contributed by atoms with van der Waals surface area (Å²) >= 11 is 3.98. The lowest BCUT2D eigenvalue weighted by Gasteiger charge is -2.22. The molecule has 3 rings (SSSR count). The van der Waals surface area contributed by atoms with Gasteiger partial charge in [-0.3, -0.25) is 15.1 Å². The molecule has 1 fully saturated rings. The Morgan fingerprint density at radius 1 is 1.32 bits per heavy atom. The van der Waals surface area contributed by atoms with Crippen LogP contribution >= 0.6 is 12.6 Å². The molecule has 1 amide bonds. The first-order chi connectivity index (χ1) is 12.2. The fraction of sp³-hybridized carbons (Fsp3) is 0.588. The molecule has 2 aromatic rings. The number of rotatable bonds is 4. The minimum atomic E-state index is -0.652. The van der Waals surface area contributed by atoms with Crippen molar-refractivity contribution in [3.63, 3.8) is 0 Å². The fourth-order valence-electron chi connectivity index (χ4n) is 3.38. The van der Waals surface area contributed by atoms with E-state index in [9.17, 15) is 9.59 Å². The average molecular weight is 364 g/mol. The van der Waals surface area contributed by atoms with Gasteiger partial charge in [-0.1, -0.05) is 32.1 Å². The minimum absolute atomic E-state index is 0.104. The van der Waals surface area contributed by atoms with E-state index in [4.69, 9.17) is 4.74 Å². The van der Waals surface area contributed by atoms with E-state index in [1.54, 1.807) is 6.07 Å². The van der Waals surface area contributed by atoms with Crippen molar-refractivity contribution in [2.75, 3.05) is 17.7 Å². The maximum Gasteiger partial charge on any atom is 0.413 e. The first-order valence-electron chi connectivity index (χ1n) is 8.84. The molecule has 0 aliphatic heterocycles. The summed E-state index contributed by atoms with van der Waals surface area (Å²) in [5.74, 6) is 0.536. The molecule has 0 atom stereocenters. The molecule has 0 aromatic carbocycles. The molecule has 2 aromatic heterocycles. The summed E-state index contributed by atoms with van der Waals surface area (Å²) in [5, 5.41) is 3.02. The number of H-pyrrole nitrogens is 1. The number of anilines is 1. The molecule has 8 heteroatoms. The lowest BCUT2D eigenvalue weighted by molar-refractivity contribution is 0.169. The number of nitrogens with one attached hydrogen (secondary N) is 2. The maximum atomic E-state index is 12.3. The van der Waals surface area contributed by atoms with Gasteiger partial charge in [0.15, 0.2) is 0 Å². The Labute approximate surface area is 151 Å². The summed E-state index contributed by atoms with van der Waals surface area (Å²) in [6.07, 6.45) is 9.66. The van der Waals surface area contributed by atoms with Crippen LogP contribution in [0.5, 0.6) is 0 Å². The van der Waals surface area contributed by atoms with Gasteiger partial charge in [-0.15, -0.1) is 0 Å². The highest BCUT2D eigenvalue weighted by atomic mass is 32.1. The highest BCUT2D eigenvalue weighted by molar-refractivity contribution is 7.80. The Balaban J connectivity index is 1.87. The van der Waals surface area contributed by atoms with Crippen LogP contribution < -0.4 is 10.9 Å². The van der Waals surface area contributed by atoms with Gasteiger partial charge in [-0.05, 0) is 18.9 Å². The summed E-state index contributed by atoms with van der Waals surface area (Å²) < 4.78 is 6.99. The molecule has 0 saturated heterocycles. The number of hydrogen-bond donors (Lipinski definition) is 3. The van der Waals surface area contributed by atoms with Crippen molar-refractivity contribution in [1.82, 2.24) is 14.5 Å². The molecule has 7 nitrogen and oxygen atoms in total. The third-order valence-electron chi connectivity index (χ3n) is 4.59. The molecule has 2 heterocycles. The van der Waals surface area contributed by atoms with Gasteiger partial charge in [0.1, 0.15) is 12.3 Å². The zero-order valence-corrected chi connectivity index (χ0v) is 15.1. The second-order valence-corrected chi connectivity index (χ2v) is 6.81. The first-order valence-corrected chi connectivity index (χ1v) is 9.48. The van der Waals surface area contributed by atoms with E-state index in [1.165, 1.54) is 32.1 Å². The van der Waals surface area contributed by atoms with Crippen LogP contribution in [-0.4, -0.2) is 33.0 Å². The highest BCUT2D eigenvalue weighted by Crippen LogP contribution is 2.29. The number of carbonyl (C=O) groups is 1. The van der Waals surface area contributed by atoms with E-state index >= 15 is 0 Å². The van der Waals surface area contributed by atoms with E-state index in [0.717, 1.165) is 12.8 Å². The number of fused-ring (bicyclic) bond motifs is 1. The first kappa shape index (κ1) is 17.8. The van der Waals surface area contributed by atoms with Crippen LogP contribution in [0.2, 0.25) is 0 Å². The number of amides is 1. The summed E-state index contributed by atoms with van der Waals surface area (Å²) in [7, 11) is 0. The Morgan fingerprint density at radius 2 is 2.04 bits per heavy atom. The van der Waals surface area contributed by atoms with Crippen LogP contribution in [0.4, 0.5) is 10.7 Å². The molecule has 0 radical (unpaired) electrons. The standard InChI is InChI=1S/C17H24N4O3S/c22-15-13-8-9-21(12-6-4-2-1-3-5-7-12)14(13)18-16(19-15)20-17(23)24-10-11-25/h8-9,12,25H,1-7,10-11H2,(H2,18,19,20,22,23). The van der Waals surface area contributed by atoms with Crippen LogP contribution in [-0.2, 0) is 4.74 Å². The zero-order chi connectivity index (χ0) is 17.6. The predicted octanol–water partition coefficient (Wildman–Crippen LogP) is 3.49. The SMILES string of the molecule is O=C(Nc1nc2c(ccn2C2CCCCCCC2)c(=O)[nH]1)OCCS. The quantitative estimate of drug-likeness (QED) is 0.725. The number of ether oxygens (including phenoxy) is 1. The van der Waals surface area contributed by atoms with Crippen molar-refractivity contribution >= 4 is 35.7 Å². The maximum absolute atomic E-state index is 12.3. The minimum Gasteiger partial charge on any atom is -0.448 e. The molecular formula is C17H24N4O3S. The molecule has 2 N–H and O–H groups in total. The number of aromatic nitrogens is 3. The summed E-state index contributed by atoms with van der Waals surface area (Å²) in [6.45, 7) is 0.194. The van der Waals surface area contributed by atoms with Crippen molar-refractivity contribution in [1.29, 1.82) is 0 Å². The average Bonchev–Trinajstić information content (AvgIpc) is 2.97. The predicted molar refractivity (Wildman–Crippen MR) is 101 cm³/mol. The normalized spacial score (nSPS) is 16.4. The van der Waals surface area contributed by atoms with Crippen LogP contribution in [0.1, 0.15) is 51.0 Å². The number of aromatic amines is 1. The highest BCUT2D eigenvalue weighted by Gasteiger charge is 2.18. The van der Waals surface area contributed by atoms with Crippen LogP contribution in [0.3, 0.4) is 0 Å². The van der Waals surface area contributed by atoms with E-state index in [0.29, 0.717) is 22.8 Å². The molecule has 0 unspecified atom stereocenters. The lowest BCUT2D eigenvalue weighted by atomic mass is 9.96. The molecule has 1 aliphatic carbocycles. The molecule has 1 aliphatic rings. The third kappa shape index (κ3) is 4.36. The number of nitrogens with zero attached hydrogens (tertiary/aromatic N) is 2. The van der Waals surface area contributed by atoms with Crippen molar-refractivity contribution < 1.29 is 9.53 Å². The van der Waals surface area contributed by atoms with Crippen molar-refractivity contribution in [2.45, 2.75) is 51.0 Å². The molecular weight excluding hydrogens is 340 g/mol. The van der Waals surface area contributed by atoms with Crippen LogP contribution in [0.25, 0.3) is 11.0 Å². The van der Waals surface area contributed by atoms with E-state index in [-0.39, 0.29) is 18.1 Å². The number of thiol groups is 1. The number of hydrogen-bond acceptors (Lipinski definition) is 5. The summed E-state index contributed by atoms with van der Waals surface area (Å²) in [5.41, 5.74) is 0.345. The largest absolute Gasteiger partial charge is 0.448 e. The van der Waals surface area contributed by atoms with Crippen molar-refractivity contribution in [3.8, 4) is 0 Å². The van der Waals surface area contributed by atoms with Gasteiger partial charge in [0, 0.05) is 18.0 Å². The van der Waals surface area contributed by atoms with E-state index in [2.05, 4.69) is 32.5 Å². The van der Waals surface area contributed by atoms with Crippen molar-refractivity contribution in [3.05, 3.63) is 22.6 Å². The van der Waals surface area contributed by atoms with E-state index < -0.39 is 6.09 Å². The van der Waals surface area contributed by atoms with Gasteiger partial charge < -0.3 is 9.30 Å². The smallest absolute Gasteiger partial charge is 0.413 e. The molecule has 0 bridgehead atoms. The van der Waals surface area contributed by atoms with Gasteiger partial charge in [-0.25, -0.2) is 4.79 Å². The van der Waals surface area contributed by atoms with Gasteiger partial charge in [0.2, 0.25) is 5.95 Å². The Morgan fingerprint density at radius 3 is 2.76 bits per heavy atom. The number of carbonyl (C=O) groups excluding carboxylic acids is 1. The zero-order valence-electron chi connectivity index (χ0n) is 14.2. The van der Waals surface area contributed by atoms with Crippen LogP contribution in [0.15, 0.2) is 17.1 Å². The van der Waals surface area contributed by atoms with Crippen LogP contribution in [0, 0.1) is 0 Å². The van der Waals surface area contributed by atoms with Gasteiger partial charge in [0.25, 0.3) is 5.56 Å². The Bertz CT molecular complexity index is 778. The molecule has 0 spiro atoms. The Kier molecular flexibility index (Phi) is 6.01. The second-order valence-electron chi connectivity index (χ2n) is 6.36.